The number of nitrogens with two attached hydrogens (primary N) is 2. The van der Waals surface area contributed by atoms with Crippen LogP contribution in [0.1, 0.15) is 12.8 Å². The summed E-state index contributed by atoms with van der Waals surface area (Å²) in [5.74, 6) is -0.411. The molecule has 0 aromatic rings. The molecule has 116 valence electrons. The van der Waals surface area contributed by atoms with E-state index in [2.05, 4.69) is 10.2 Å². The maximum Gasteiger partial charge on any atom is 0.224 e. The molecule has 4 atom stereocenters. The van der Waals surface area contributed by atoms with Crippen molar-refractivity contribution in [1.82, 2.24) is 10.2 Å². The van der Waals surface area contributed by atoms with E-state index in [1.54, 1.807) is 0 Å². The Hall–Kier alpha value is -0.730. The Balaban J connectivity index is 1.71. The molecule has 0 unspecified atom stereocenters. The summed E-state index contributed by atoms with van der Waals surface area (Å²) in [5.41, 5.74) is 11.7. The first-order valence-corrected chi connectivity index (χ1v) is 7.35. The lowest BCUT2D eigenvalue weighted by molar-refractivity contribution is -0.128. The molecule has 0 spiro atoms. The molecule has 0 aromatic carbocycles. The number of rotatable bonds is 4. The number of morpholine rings is 1. The maximum atomic E-state index is 12.1. The van der Waals surface area contributed by atoms with Crippen LogP contribution in [0.3, 0.4) is 0 Å². The number of carbonyl (C=O) groups is 1. The maximum absolute atomic E-state index is 12.1. The molecule has 0 radical (unpaired) electrons. The number of carbonyl (C=O) groups excluding carboxylic acids is 1. The van der Waals surface area contributed by atoms with Crippen LogP contribution in [-0.4, -0.2) is 73.5 Å². The number of nitrogens with zero attached hydrogens (tertiary/aromatic N) is 1. The molecule has 1 saturated heterocycles. The van der Waals surface area contributed by atoms with Crippen molar-refractivity contribution in [1.29, 1.82) is 0 Å². The van der Waals surface area contributed by atoms with E-state index in [-0.39, 0.29) is 23.9 Å². The van der Waals surface area contributed by atoms with Gasteiger partial charge < -0.3 is 26.6 Å². The van der Waals surface area contributed by atoms with E-state index < -0.39 is 6.10 Å². The highest BCUT2D eigenvalue weighted by atomic mass is 16.5. The van der Waals surface area contributed by atoms with Crippen LogP contribution in [0.5, 0.6) is 0 Å². The molecule has 20 heavy (non-hydrogen) atoms. The quantitative estimate of drug-likeness (QED) is 0.469. The van der Waals surface area contributed by atoms with Crippen LogP contribution in [0.2, 0.25) is 0 Å². The predicted molar refractivity (Wildman–Crippen MR) is 75.0 cm³/mol. The Morgan fingerprint density at radius 2 is 1.95 bits per heavy atom. The van der Waals surface area contributed by atoms with E-state index in [1.807, 2.05) is 0 Å². The summed E-state index contributed by atoms with van der Waals surface area (Å²) < 4.78 is 5.27. The lowest BCUT2D eigenvalue weighted by atomic mass is 9.80. The van der Waals surface area contributed by atoms with Gasteiger partial charge in [-0.25, -0.2) is 0 Å². The van der Waals surface area contributed by atoms with Crippen LogP contribution in [0.15, 0.2) is 0 Å². The second kappa shape index (κ2) is 7.33. The Morgan fingerprint density at radius 1 is 1.25 bits per heavy atom. The Bertz CT molecular complexity index is 323. The van der Waals surface area contributed by atoms with Gasteiger partial charge in [-0.2, -0.15) is 0 Å². The second-order valence-electron chi connectivity index (χ2n) is 5.72. The topological polar surface area (TPSA) is 114 Å². The molecule has 1 aliphatic carbocycles. The molecular weight excluding hydrogens is 260 g/mol. The minimum absolute atomic E-state index is 0.0725. The minimum Gasteiger partial charge on any atom is -0.391 e. The summed E-state index contributed by atoms with van der Waals surface area (Å²) in [6, 6.07) is -0.584. The average molecular weight is 286 g/mol. The predicted octanol–water partition coefficient (Wildman–Crippen LogP) is -2.14. The lowest BCUT2D eigenvalue weighted by Crippen LogP contribution is -2.54. The van der Waals surface area contributed by atoms with Gasteiger partial charge in [0.1, 0.15) is 0 Å². The largest absolute Gasteiger partial charge is 0.391 e. The summed E-state index contributed by atoms with van der Waals surface area (Å²) in [7, 11) is 0. The number of amides is 1. The zero-order chi connectivity index (χ0) is 14.5. The van der Waals surface area contributed by atoms with Gasteiger partial charge in [-0.1, -0.05) is 0 Å². The average Bonchev–Trinajstić information content (AvgIpc) is 2.44. The van der Waals surface area contributed by atoms with Crippen molar-refractivity contribution >= 4 is 5.91 Å². The second-order valence-corrected chi connectivity index (χ2v) is 5.72. The van der Waals surface area contributed by atoms with Crippen molar-refractivity contribution in [2.45, 2.75) is 31.0 Å². The molecule has 7 heteroatoms. The molecule has 7 nitrogen and oxygen atoms in total. The molecular formula is C13H26N4O3. The van der Waals surface area contributed by atoms with Gasteiger partial charge in [0.25, 0.3) is 0 Å². The minimum atomic E-state index is -0.634. The van der Waals surface area contributed by atoms with E-state index in [4.69, 9.17) is 16.2 Å². The molecule has 2 fully saturated rings. The summed E-state index contributed by atoms with van der Waals surface area (Å²) in [5, 5.41) is 12.7. The number of ether oxygens (including phenoxy) is 1. The van der Waals surface area contributed by atoms with Crippen molar-refractivity contribution in [3.63, 3.8) is 0 Å². The third kappa shape index (κ3) is 4.13. The zero-order valence-corrected chi connectivity index (χ0v) is 11.8. The van der Waals surface area contributed by atoms with Gasteiger partial charge in [-0.05, 0) is 12.8 Å². The number of hydrogen-bond donors (Lipinski definition) is 4. The van der Waals surface area contributed by atoms with Gasteiger partial charge in [-0.3, -0.25) is 9.69 Å². The monoisotopic (exact) mass is 286 g/mol. The number of aliphatic hydroxyl groups is 1. The highest BCUT2D eigenvalue weighted by molar-refractivity contribution is 5.79. The SMILES string of the molecule is N[C@@H]1C[C@H](N)[C@@H](C(=O)NCCN2CCOCC2)C[C@H]1O. The number of hydrogen-bond acceptors (Lipinski definition) is 6. The van der Waals surface area contributed by atoms with Gasteiger partial charge in [0.15, 0.2) is 0 Å². The molecule has 1 amide bonds. The highest BCUT2D eigenvalue weighted by Crippen LogP contribution is 2.23. The van der Waals surface area contributed by atoms with E-state index in [9.17, 15) is 9.90 Å². The Labute approximate surface area is 119 Å². The van der Waals surface area contributed by atoms with Crippen molar-refractivity contribution in [2.24, 2.45) is 17.4 Å². The molecule has 1 saturated carbocycles. The van der Waals surface area contributed by atoms with Crippen molar-refractivity contribution < 1.29 is 14.6 Å². The van der Waals surface area contributed by atoms with Gasteiger partial charge in [-0.15, -0.1) is 0 Å². The Morgan fingerprint density at radius 3 is 2.65 bits per heavy atom. The third-order valence-electron chi connectivity index (χ3n) is 4.22. The molecule has 0 aromatic heterocycles. The van der Waals surface area contributed by atoms with Crippen LogP contribution in [-0.2, 0) is 9.53 Å². The first kappa shape index (κ1) is 15.7. The van der Waals surface area contributed by atoms with Crippen LogP contribution in [0.4, 0.5) is 0 Å². The first-order chi connectivity index (χ1) is 9.58. The fourth-order valence-corrected chi connectivity index (χ4v) is 2.84. The van der Waals surface area contributed by atoms with Crippen molar-refractivity contribution in [2.75, 3.05) is 39.4 Å². The molecule has 1 aliphatic heterocycles. The van der Waals surface area contributed by atoms with E-state index in [0.717, 1.165) is 32.8 Å². The molecule has 0 bridgehead atoms. The number of aliphatic hydroxyl groups excluding tert-OH is 1. The lowest BCUT2D eigenvalue weighted by Gasteiger charge is -2.35. The van der Waals surface area contributed by atoms with Crippen molar-refractivity contribution in [3.05, 3.63) is 0 Å². The summed E-state index contributed by atoms with van der Waals surface area (Å²) in [4.78, 5) is 14.4. The zero-order valence-electron chi connectivity index (χ0n) is 11.8. The molecule has 1 heterocycles. The van der Waals surface area contributed by atoms with Crippen LogP contribution >= 0.6 is 0 Å². The number of nitrogens with one attached hydrogen (secondary N) is 1. The first-order valence-electron chi connectivity index (χ1n) is 7.35. The Kier molecular flexibility index (Phi) is 5.74. The molecule has 2 aliphatic rings. The normalized spacial score (nSPS) is 35.8. The molecule has 6 N–H and O–H groups in total. The van der Waals surface area contributed by atoms with E-state index >= 15 is 0 Å². The van der Waals surface area contributed by atoms with Gasteiger partial charge in [0.05, 0.1) is 25.2 Å². The van der Waals surface area contributed by atoms with Gasteiger partial charge >= 0.3 is 0 Å². The highest BCUT2D eigenvalue weighted by Gasteiger charge is 2.36. The van der Waals surface area contributed by atoms with Crippen LogP contribution in [0.25, 0.3) is 0 Å². The third-order valence-corrected chi connectivity index (χ3v) is 4.22. The smallest absolute Gasteiger partial charge is 0.224 e. The standard InChI is InChI=1S/C13H26N4O3/c14-10-8-11(15)12(18)7-9(10)13(19)16-1-2-17-3-5-20-6-4-17/h9-12,18H,1-8,14-15H2,(H,16,19)/t9-,10-,11+,12+/m0/s1. The van der Waals surface area contributed by atoms with Crippen LogP contribution in [0, 0.1) is 5.92 Å². The van der Waals surface area contributed by atoms with Gasteiger partial charge in [0.2, 0.25) is 5.91 Å². The van der Waals surface area contributed by atoms with Gasteiger partial charge in [0, 0.05) is 38.3 Å². The summed E-state index contributed by atoms with van der Waals surface area (Å²) in [6.45, 7) is 4.75. The van der Waals surface area contributed by atoms with Crippen LogP contribution < -0.4 is 16.8 Å². The molecule has 2 rings (SSSR count). The fourth-order valence-electron chi connectivity index (χ4n) is 2.84. The summed E-state index contributed by atoms with van der Waals surface area (Å²) >= 11 is 0. The van der Waals surface area contributed by atoms with E-state index in [1.165, 1.54) is 0 Å². The van der Waals surface area contributed by atoms with Crippen molar-refractivity contribution in [3.8, 4) is 0 Å². The fraction of sp³-hybridized carbons (Fsp3) is 0.923. The summed E-state index contributed by atoms with van der Waals surface area (Å²) in [6.07, 6.45) is 0.207. The van der Waals surface area contributed by atoms with E-state index in [0.29, 0.717) is 19.4 Å².